The van der Waals surface area contributed by atoms with Gasteiger partial charge in [0, 0.05) is 13.6 Å². The molecule has 144 valence electrons. The number of benzene rings is 2. The Labute approximate surface area is 159 Å². The molecule has 1 amide bonds. The van der Waals surface area contributed by atoms with Crippen LogP contribution in [0.1, 0.15) is 16.7 Å². The van der Waals surface area contributed by atoms with Crippen molar-refractivity contribution in [2.75, 3.05) is 27.9 Å². The van der Waals surface area contributed by atoms with Gasteiger partial charge in [0.25, 0.3) is 5.91 Å². The maximum Gasteiger partial charge on any atom is 0.310 e. The van der Waals surface area contributed by atoms with Crippen molar-refractivity contribution in [2.45, 2.75) is 19.9 Å². The Morgan fingerprint density at radius 1 is 1.00 bits per heavy atom. The molecule has 6 nitrogen and oxygen atoms in total. The van der Waals surface area contributed by atoms with E-state index in [1.807, 2.05) is 31.2 Å². The maximum absolute atomic E-state index is 12.2. The predicted octanol–water partition coefficient (Wildman–Crippen LogP) is 2.76. The lowest BCUT2D eigenvalue weighted by Crippen LogP contribution is -2.31. The molecule has 0 saturated heterocycles. The Hall–Kier alpha value is -3.02. The first-order valence-electron chi connectivity index (χ1n) is 8.59. The van der Waals surface area contributed by atoms with Gasteiger partial charge >= 0.3 is 5.97 Å². The van der Waals surface area contributed by atoms with E-state index in [1.54, 1.807) is 37.3 Å². The van der Waals surface area contributed by atoms with Crippen LogP contribution in [0, 0.1) is 6.92 Å². The molecular formula is C21H25NO5. The molecule has 0 N–H and O–H groups in total. The second-order valence-corrected chi connectivity index (χ2v) is 6.20. The second-order valence-electron chi connectivity index (χ2n) is 6.20. The van der Waals surface area contributed by atoms with Crippen molar-refractivity contribution < 1.29 is 23.8 Å². The molecule has 27 heavy (non-hydrogen) atoms. The number of methoxy groups -OCH3 is 2. The lowest BCUT2D eigenvalue weighted by molar-refractivity contribution is -0.151. The van der Waals surface area contributed by atoms with E-state index in [2.05, 4.69) is 0 Å². The number of likely N-dealkylation sites (N-methyl/N-ethyl adjacent to an activating group) is 1. The van der Waals surface area contributed by atoms with Crippen LogP contribution in [0.25, 0.3) is 0 Å². The summed E-state index contributed by atoms with van der Waals surface area (Å²) in [5.74, 6) is 0.401. The summed E-state index contributed by atoms with van der Waals surface area (Å²) in [7, 11) is 4.77. The van der Waals surface area contributed by atoms with Crippen LogP contribution in [0.2, 0.25) is 0 Å². The van der Waals surface area contributed by atoms with E-state index in [0.29, 0.717) is 18.0 Å². The predicted molar refractivity (Wildman–Crippen MR) is 102 cm³/mol. The monoisotopic (exact) mass is 371 g/mol. The van der Waals surface area contributed by atoms with E-state index in [-0.39, 0.29) is 18.9 Å². The summed E-state index contributed by atoms with van der Waals surface area (Å²) >= 11 is 0. The van der Waals surface area contributed by atoms with Crippen molar-refractivity contribution in [3.63, 3.8) is 0 Å². The molecule has 0 fully saturated rings. The molecule has 0 radical (unpaired) electrons. The van der Waals surface area contributed by atoms with Crippen LogP contribution in [0.3, 0.4) is 0 Å². The molecule has 0 aliphatic heterocycles. The number of rotatable bonds is 8. The average Bonchev–Trinajstić information content (AvgIpc) is 2.67. The van der Waals surface area contributed by atoms with Crippen LogP contribution >= 0.6 is 0 Å². The average molecular weight is 371 g/mol. The number of nitrogens with zero attached hydrogens (tertiary/aromatic N) is 1. The van der Waals surface area contributed by atoms with Gasteiger partial charge in [-0.25, -0.2) is 0 Å². The third-order valence-electron chi connectivity index (χ3n) is 4.25. The highest BCUT2D eigenvalue weighted by molar-refractivity contribution is 5.81. The molecule has 6 heteroatoms. The molecule has 0 aliphatic rings. The zero-order chi connectivity index (χ0) is 19.8. The topological polar surface area (TPSA) is 65.1 Å². The number of hydrogen-bond donors (Lipinski definition) is 0. The van der Waals surface area contributed by atoms with Gasteiger partial charge in [0.05, 0.1) is 20.6 Å². The summed E-state index contributed by atoms with van der Waals surface area (Å²) in [4.78, 5) is 25.8. The lowest BCUT2D eigenvalue weighted by Gasteiger charge is -2.18. The maximum atomic E-state index is 12.2. The van der Waals surface area contributed by atoms with Crippen LogP contribution in [-0.2, 0) is 27.3 Å². The van der Waals surface area contributed by atoms with Crippen molar-refractivity contribution in [1.29, 1.82) is 0 Å². The van der Waals surface area contributed by atoms with Crippen LogP contribution in [0.15, 0.2) is 42.5 Å². The Morgan fingerprint density at radius 3 is 2.37 bits per heavy atom. The molecule has 2 aromatic carbocycles. The van der Waals surface area contributed by atoms with Crippen LogP contribution in [0.5, 0.6) is 11.5 Å². The molecule has 0 unspecified atom stereocenters. The smallest absolute Gasteiger partial charge is 0.310 e. The SMILES string of the molecule is COc1ccc(CC(=O)OCC(=O)N(C)Cc2ccccc2C)cc1OC. The van der Waals surface area contributed by atoms with Gasteiger partial charge in [-0.15, -0.1) is 0 Å². The number of amides is 1. The number of carbonyl (C=O) groups excluding carboxylic acids is 2. The molecule has 2 aromatic rings. The van der Waals surface area contributed by atoms with Crippen LogP contribution in [-0.4, -0.2) is 44.7 Å². The summed E-state index contributed by atoms with van der Waals surface area (Å²) in [6.07, 6.45) is 0.0507. The van der Waals surface area contributed by atoms with Gasteiger partial charge in [-0.2, -0.15) is 0 Å². The minimum Gasteiger partial charge on any atom is -0.493 e. The molecular weight excluding hydrogens is 346 g/mol. The summed E-state index contributed by atoms with van der Waals surface area (Å²) in [5, 5.41) is 0. The highest BCUT2D eigenvalue weighted by Gasteiger charge is 2.14. The van der Waals surface area contributed by atoms with Crippen molar-refractivity contribution in [3.8, 4) is 11.5 Å². The van der Waals surface area contributed by atoms with Crippen molar-refractivity contribution in [3.05, 3.63) is 59.2 Å². The number of carbonyl (C=O) groups is 2. The minimum absolute atomic E-state index is 0.0507. The molecule has 0 saturated carbocycles. The van der Waals surface area contributed by atoms with E-state index in [9.17, 15) is 9.59 Å². The first kappa shape index (κ1) is 20.3. The van der Waals surface area contributed by atoms with Crippen LogP contribution in [0.4, 0.5) is 0 Å². The van der Waals surface area contributed by atoms with Gasteiger partial charge in [-0.3, -0.25) is 9.59 Å². The number of ether oxygens (including phenoxy) is 3. The second kappa shape index (κ2) is 9.62. The Kier molecular flexibility index (Phi) is 7.23. The third-order valence-corrected chi connectivity index (χ3v) is 4.25. The molecule has 2 rings (SSSR count). The zero-order valence-electron chi connectivity index (χ0n) is 16.2. The molecule has 0 atom stereocenters. The quantitative estimate of drug-likeness (QED) is 0.668. The lowest BCUT2D eigenvalue weighted by atomic mass is 10.1. The summed E-state index contributed by atoms with van der Waals surface area (Å²) in [6.45, 7) is 2.18. The van der Waals surface area contributed by atoms with E-state index in [4.69, 9.17) is 14.2 Å². The first-order chi connectivity index (χ1) is 12.9. The normalized spacial score (nSPS) is 10.2. The van der Waals surface area contributed by atoms with Gasteiger partial charge in [-0.1, -0.05) is 30.3 Å². The summed E-state index contributed by atoms with van der Waals surface area (Å²) in [5.41, 5.74) is 2.89. The molecule has 0 aliphatic carbocycles. The molecule has 0 bridgehead atoms. The molecule has 0 aromatic heterocycles. The van der Waals surface area contributed by atoms with E-state index in [1.165, 1.54) is 7.11 Å². The van der Waals surface area contributed by atoms with Gasteiger partial charge in [-0.05, 0) is 35.7 Å². The van der Waals surface area contributed by atoms with Gasteiger partial charge in [0.2, 0.25) is 0 Å². The number of aryl methyl sites for hydroxylation is 1. The Morgan fingerprint density at radius 2 is 1.70 bits per heavy atom. The largest absolute Gasteiger partial charge is 0.493 e. The highest BCUT2D eigenvalue weighted by atomic mass is 16.5. The molecule has 0 heterocycles. The molecule has 0 spiro atoms. The van der Waals surface area contributed by atoms with Crippen molar-refractivity contribution >= 4 is 11.9 Å². The van der Waals surface area contributed by atoms with Crippen molar-refractivity contribution in [2.24, 2.45) is 0 Å². The zero-order valence-corrected chi connectivity index (χ0v) is 16.2. The summed E-state index contributed by atoms with van der Waals surface area (Å²) in [6, 6.07) is 13.1. The van der Waals surface area contributed by atoms with E-state index in [0.717, 1.165) is 16.7 Å². The number of hydrogen-bond acceptors (Lipinski definition) is 5. The Bertz CT molecular complexity index is 803. The number of esters is 1. The fraction of sp³-hybridized carbons (Fsp3) is 0.333. The van der Waals surface area contributed by atoms with Crippen molar-refractivity contribution in [1.82, 2.24) is 4.90 Å². The highest BCUT2D eigenvalue weighted by Crippen LogP contribution is 2.27. The van der Waals surface area contributed by atoms with Gasteiger partial charge < -0.3 is 19.1 Å². The first-order valence-corrected chi connectivity index (χ1v) is 8.59. The van der Waals surface area contributed by atoms with Crippen LogP contribution < -0.4 is 9.47 Å². The van der Waals surface area contributed by atoms with Gasteiger partial charge in [0.1, 0.15) is 0 Å². The third kappa shape index (κ3) is 5.74. The summed E-state index contributed by atoms with van der Waals surface area (Å²) < 4.78 is 15.5. The van der Waals surface area contributed by atoms with E-state index >= 15 is 0 Å². The Balaban J connectivity index is 1.86. The van der Waals surface area contributed by atoms with E-state index < -0.39 is 5.97 Å². The fourth-order valence-electron chi connectivity index (χ4n) is 2.59. The minimum atomic E-state index is -0.472. The van der Waals surface area contributed by atoms with Gasteiger partial charge in [0.15, 0.2) is 18.1 Å². The fourth-order valence-corrected chi connectivity index (χ4v) is 2.59. The standard InChI is InChI=1S/C21H25NO5/c1-15-7-5-6-8-17(15)13-22(2)20(23)14-27-21(24)12-16-9-10-18(25-3)19(11-16)26-4/h5-11H,12-14H2,1-4H3.